The summed E-state index contributed by atoms with van der Waals surface area (Å²) in [7, 11) is 1.99. The lowest BCUT2D eigenvalue weighted by atomic mass is 9.77. The Morgan fingerprint density at radius 2 is 1.44 bits per heavy atom. The van der Waals surface area contributed by atoms with E-state index in [-0.39, 0.29) is 34.9 Å². The summed E-state index contributed by atoms with van der Waals surface area (Å²) in [6.45, 7) is 8.87. The molecule has 77 heavy (non-hydrogen) atoms. The van der Waals surface area contributed by atoms with Crippen molar-refractivity contribution in [1.29, 1.82) is 0 Å². The van der Waals surface area contributed by atoms with Gasteiger partial charge in [-0.25, -0.2) is 9.78 Å². The van der Waals surface area contributed by atoms with Crippen LogP contribution < -0.4 is 24.8 Å². The molecule has 0 atom stereocenters. The lowest BCUT2D eigenvalue weighted by molar-refractivity contribution is -0.131. The molecular weight excluding hydrogens is 981 g/mol. The minimum atomic E-state index is -1.36. The third-order valence-corrected chi connectivity index (χ3v) is 14.1. The molecule has 0 aliphatic carbocycles. The summed E-state index contributed by atoms with van der Waals surface area (Å²) in [6.07, 6.45) is 11.0. The fourth-order valence-electron chi connectivity index (χ4n) is 10.0. The number of nitrogens with zero attached hydrogens (tertiary/aromatic N) is 6. The average molecular weight is 1040 g/mol. The van der Waals surface area contributed by atoms with E-state index >= 15 is 0 Å². The number of amides is 2. The molecule has 11 rings (SSSR count). The highest BCUT2D eigenvalue weighted by Gasteiger charge is 2.54. The Labute approximate surface area is 445 Å². The van der Waals surface area contributed by atoms with Crippen LogP contribution in [0.5, 0.6) is 46.1 Å². The molecule has 4 aliphatic rings. The fourth-order valence-corrected chi connectivity index (χ4v) is 10.0. The van der Waals surface area contributed by atoms with Gasteiger partial charge in [0.1, 0.15) is 58.4 Å². The number of carbonyl (C=O) groups is 4. The Bertz CT molecular complexity index is 3230. The molecular formula is C59H60N8O10. The second kappa shape index (κ2) is 23.5. The highest BCUT2D eigenvalue weighted by atomic mass is 16.6. The zero-order chi connectivity index (χ0) is 53.3. The lowest BCUT2D eigenvalue weighted by Crippen LogP contribution is -2.50. The number of unbranched alkanes of at least 4 members (excludes halogenated alkanes) is 3. The van der Waals surface area contributed by atoms with Crippen LogP contribution in [0.1, 0.15) is 69.1 Å². The van der Waals surface area contributed by atoms with Gasteiger partial charge in [0.25, 0.3) is 5.91 Å². The molecule has 2 amide bonds. The number of phenolic OH excluding ortho intramolecular Hbond substituents is 2. The second-order valence-corrected chi connectivity index (χ2v) is 19.2. The normalized spacial score (nSPS) is 15.6. The van der Waals surface area contributed by atoms with Crippen LogP contribution in [-0.4, -0.2) is 136 Å². The molecule has 2 saturated heterocycles. The Hall–Kier alpha value is -8.58. The maximum absolute atomic E-state index is 13.1. The quantitative estimate of drug-likeness (QED) is 0.0278. The molecule has 396 valence electrons. The van der Waals surface area contributed by atoms with Gasteiger partial charge in [-0.2, -0.15) is 4.98 Å². The molecule has 18 heteroatoms. The maximum atomic E-state index is 13.1. The molecule has 0 radical (unpaired) electrons. The first kappa shape index (κ1) is 51.9. The van der Waals surface area contributed by atoms with Gasteiger partial charge < -0.3 is 54.1 Å². The fraction of sp³-hybridized carbons (Fsp3) is 0.288. The number of likely N-dealkylation sites (tertiary alicyclic amines) is 1. The molecule has 4 N–H and O–H groups in total. The van der Waals surface area contributed by atoms with Gasteiger partial charge in [-0.05, 0) is 98.8 Å². The number of aromatic nitrogens is 3. The summed E-state index contributed by atoms with van der Waals surface area (Å²) >= 11 is 0. The van der Waals surface area contributed by atoms with E-state index in [1.54, 1.807) is 30.3 Å². The number of hydrogen-bond donors (Lipinski definition) is 4. The molecule has 0 bridgehead atoms. The number of carbonyl (C=O) groups excluding carboxylic acids is 4. The summed E-state index contributed by atoms with van der Waals surface area (Å²) in [5.41, 5.74) is 2.43. The number of para-hydroxylation sites is 1. The van der Waals surface area contributed by atoms with E-state index in [2.05, 4.69) is 35.0 Å². The van der Waals surface area contributed by atoms with Crippen LogP contribution in [0.2, 0.25) is 0 Å². The lowest BCUT2D eigenvalue weighted by Gasteiger charge is -2.40. The molecule has 2 fully saturated rings. The zero-order valence-corrected chi connectivity index (χ0v) is 42.7. The predicted molar refractivity (Wildman–Crippen MR) is 287 cm³/mol. The Morgan fingerprint density at radius 1 is 0.766 bits per heavy atom. The molecule has 5 aromatic carbocycles. The third kappa shape index (κ3) is 11.5. The maximum Gasteiger partial charge on any atom is 0.340 e. The van der Waals surface area contributed by atoms with Crippen LogP contribution in [0, 0.1) is 0 Å². The van der Waals surface area contributed by atoms with Gasteiger partial charge >= 0.3 is 5.97 Å². The first-order valence-corrected chi connectivity index (χ1v) is 25.9. The van der Waals surface area contributed by atoms with Crippen molar-refractivity contribution in [3.8, 4) is 46.1 Å². The number of likely N-dealkylation sites (N-methyl/N-ethyl adjacent to an activating group) is 1. The van der Waals surface area contributed by atoms with Crippen LogP contribution >= 0.6 is 0 Å². The van der Waals surface area contributed by atoms with Crippen molar-refractivity contribution in [3.05, 3.63) is 168 Å². The van der Waals surface area contributed by atoms with E-state index in [0.29, 0.717) is 71.4 Å². The van der Waals surface area contributed by atoms with E-state index in [0.717, 1.165) is 93.9 Å². The van der Waals surface area contributed by atoms with Gasteiger partial charge in [-0.15, -0.1) is 0 Å². The number of aldehydes is 1. The van der Waals surface area contributed by atoms with E-state index in [4.69, 9.17) is 18.9 Å². The number of hydrogen-bond acceptors (Lipinski definition) is 15. The molecule has 2 aromatic heterocycles. The van der Waals surface area contributed by atoms with Crippen molar-refractivity contribution in [2.45, 2.75) is 37.3 Å². The largest absolute Gasteiger partial charge is 0.508 e. The van der Waals surface area contributed by atoms with Gasteiger partial charge in [0.05, 0.1) is 17.1 Å². The standard InChI is InChI=1S/C32H37N7O3.C27H23NO7/c1-33-14-17-37-20-18-36(19-21-37)15-5-8-30(40)38-22-25(23-38)39-16-13-29-31(39)32(35-24-34-29)42-28-11-9-27(10-12-28)41-26-6-3-2-4-7-26;29-12-4-2-1-3-11-28-25(32)16-5-8-20-19(13-16)26(33)35-27(20)21-9-6-17(30)14-23(21)34-24-15-18(31)7-10-22(24)27/h2-13,16,24-25,33H,14-15,17-23H2,1H3;5-10,12-15,30-31H,1-4,11H2,(H,28,32)/b8-5+;. The molecule has 0 unspecified atom stereocenters. The summed E-state index contributed by atoms with van der Waals surface area (Å²) < 4.78 is 26.1. The van der Waals surface area contributed by atoms with Gasteiger partial charge in [-0.1, -0.05) is 36.8 Å². The van der Waals surface area contributed by atoms with Crippen molar-refractivity contribution in [1.82, 2.24) is 39.9 Å². The van der Waals surface area contributed by atoms with Crippen molar-refractivity contribution in [2.75, 3.05) is 72.5 Å². The van der Waals surface area contributed by atoms with Gasteiger partial charge in [-0.3, -0.25) is 19.4 Å². The Morgan fingerprint density at radius 3 is 2.14 bits per heavy atom. The SMILES string of the molecule is CNCCN1CCN(C/C=C/C(=O)N2CC(n3ccc4ncnc(Oc5ccc(Oc6ccccc6)cc5)c43)C2)CC1.O=CCCCCCNC(=O)c1ccc2c(c1)C(=O)OC21c2ccc(O)cc2Oc2cc(O)ccc21. The molecule has 0 saturated carbocycles. The van der Waals surface area contributed by atoms with E-state index in [1.807, 2.05) is 84.9 Å². The number of benzene rings is 5. The zero-order valence-electron chi connectivity index (χ0n) is 42.7. The molecule has 1 spiro atoms. The van der Waals surface area contributed by atoms with E-state index < -0.39 is 11.6 Å². The molecule has 7 aromatic rings. The third-order valence-electron chi connectivity index (χ3n) is 14.1. The van der Waals surface area contributed by atoms with Gasteiger partial charge in [0.15, 0.2) is 5.60 Å². The average Bonchev–Trinajstić information content (AvgIpc) is 4.12. The van der Waals surface area contributed by atoms with Crippen LogP contribution in [0.25, 0.3) is 11.0 Å². The highest BCUT2D eigenvalue weighted by molar-refractivity contribution is 6.01. The van der Waals surface area contributed by atoms with Crippen LogP contribution in [0.15, 0.2) is 140 Å². The number of rotatable bonds is 18. The minimum absolute atomic E-state index is 0.0229. The van der Waals surface area contributed by atoms with Crippen LogP contribution in [0.3, 0.4) is 0 Å². The molecule has 18 nitrogen and oxygen atoms in total. The number of esters is 1. The first-order chi connectivity index (χ1) is 37.6. The number of piperazine rings is 1. The van der Waals surface area contributed by atoms with Gasteiger partial charge in [0.2, 0.25) is 11.8 Å². The van der Waals surface area contributed by atoms with Gasteiger partial charge in [0, 0.05) is 119 Å². The first-order valence-electron chi connectivity index (χ1n) is 25.9. The van der Waals surface area contributed by atoms with E-state index in [1.165, 1.54) is 36.7 Å². The summed E-state index contributed by atoms with van der Waals surface area (Å²) in [5.74, 6) is 2.33. The number of phenols is 2. The number of ether oxygens (including phenoxy) is 4. The molecule has 6 heterocycles. The monoisotopic (exact) mass is 1040 g/mol. The second-order valence-electron chi connectivity index (χ2n) is 19.2. The Balaban J connectivity index is 0.000000178. The predicted octanol–water partition coefficient (Wildman–Crippen LogP) is 7.95. The topological polar surface area (TPSA) is 210 Å². The van der Waals surface area contributed by atoms with Crippen LogP contribution in [-0.2, 0) is 19.9 Å². The van der Waals surface area contributed by atoms with Crippen LogP contribution in [0.4, 0.5) is 0 Å². The smallest absolute Gasteiger partial charge is 0.340 e. The van der Waals surface area contributed by atoms with E-state index in [9.17, 15) is 29.4 Å². The van der Waals surface area contributed by atoms with Crippen molar-refractivity contribution >= 4 is 35.1 Å². The number of nitrogens with one attached hydrogen (secondary N) is 2. The number of fused-ring (bicyclic) bond motifs is 7. The summed E-state index contributed by atoms with van der Waals surface area (Å²) in [6, 6.07) is 33.1. The van der Waals surface area contributed by atoms with Crippen molar-refractivity contribution < 1.29 is 48.3 Å². The summed E-state index contributed by atoms with van der Waals surface area (Å²) in [5, 5.41) is 26.1. The number of aromatic hydroxyl groups is 2. The Kier molecular flexibility index (Phi) is 15.9. The van der Waals surface area contributed by atoms with Crippen molar-refractivity contribution in [3.63, 3.8) is 0 Å². The molecule has 4 aliphatic heterocycles. The minimum Gasteiger partial charge on any atom is -0.508 e. The summed E-state index contributed by atoms with van der Waals surface area (Å²) in [4.78, 5) is 64.6. The highest BCUT2D eigenvalue weighted by Crippen LogP contribution is 2.57. The van der Waals surface area contributed by atoms with Crippen molar-refractivity contribution in [2.24, 2.45) is 0 Å².